The van der Waals surface area contributed by atoms with E-state index in [1.165, 1.54) is 4.90 Å². The molecule has 0 spiro atoms. The SMILES string of the molecule is Cc1c(F)cc2c(cnn2C2CCCCO2)c1-c1c(C2CC2)cc2c(N3C[C@@H]4C[C@H]3CN4C(=O)OC(C)(C)C)nc(OC3CCOCC3)nc2c1OCc1ccc(C(=O)N2CCN(Cc3ccc4c(N5CCC(=O)NC5=O)nn(C)c4c3)C[C@@H]2C)cc1. The van der Waals surface area contributed by atoms with Crippen molar-refractivity contribution < 1.29 is 47.3 Å². The molecule has 7 fully saturated rings. The lowest BCUT2D eigenvalue weighted by Crippen LogP contribution is -2.53. The molecule has 4 atom stereocenters. The lowest BCUT2D eigenvalue weighted by atomic mass is 9.88. The second kappa shape index (κ2) is 22.6. The van der Waals surface area contributed by atoms with Gasteiger partial charge in [-0.25, -0.2) is 18.7 Å². The molecule has 21 nitrogen and oxygen atoms in total. The minimum absolute atomic E-state index is 0.0479. The van der Waals surface area contributed by atoms with Crippen molar-refractivity contribution in [2.45, 2.75) is 148 Å². The summed E-state index contributed by atoms with van der Waals surface area (Å²) in [7, 11) is 1.85. The van der Waals surface area contributed by atoms with Crippen LogP contribution in [0.5, 0.6) is 11.8 Å². The number of nitrogens with zero attached hydrogens (tertiary/aromatic N) is 11. The quantitative estimate of drug-likeness (QED) is 0.114. The maximum atomic E-state index is 16.9. The average Bonchev–Trinajstić information content (AvgIpc) is 1.99. The van der Waals surface area contributed by atoms with Crippen molar-refractivity contribution in [3.8, 4) is 22.9 Å². The molecule has 87 heavy (non-hydrogen) atoms. The van der Waals surface area contributed by atoms with Crippen LogP contribution in [0.15, 0.2) is 60.8 Å². The van der Waals surface area contributed by atoms with Crippen molar-refractivity contribution in [3.05, 3.63) is 94.4 Å². The Morgan fingerprint density at radius 1 is 0.816 bits per heavy atom. The van der Waals surface area contributed by atoms with Gasteiger partial charge in [-0.15, -0.1) is 0 Å². The molecule has 0 radical (unpaired) electrons. The number of carbonyl (C=O) groups excluding carboxylic acids is 4. The van der Waals surface area contributed by atoms with E-state index in [-0.39, 0.29) is 85.7 Å². The highest BCUT2D eigenvalue weighted by molar-refractivity contribution is 6.09. The Balaban J connectivity index is 0.776. The smallest absolute Gasteiger partial charge is 0.410 e. The fourth-order valence-electron chi connectivity index (χ4n) is 13.9. The first-order valence-corrected chi connectivity index (χ1v) is 31.0. The molecule has 1 unspecified atom stereocenters. The molecular formula is C65H75FN12O9. The Morgan fingerprint density at radius 3 is 2.34 bits per heavy atom. The monoisotopic (exact) mass is 1190 g/mol. The summed E-state index contributed by atoms with van der Waals surface area (Å²) in [4.78, 5) is 73.1. The normalized spacial score (nSPS) is 22.3. The predicted octanol–water partition coefficient (Wildman–Crippen LogP) is 9.68. The number of carbonyl (C=O) groups is 4. The van der Waals surface area contributed by atoms with Gasteiger partial charge in [0, 0.05) is 124 Å². The predicted molar refractivity (Wildman–Crippen MR) is 323 cm³/mol. The van der Waals surface area contributed by atoms with Gasteiger partial charge in [0.2, 0.25) is 5.91 Å². The highest BCUT2D eigenvalue weighted by atomic mass is 19.1. The van der Waals surface area contributed by atoms with Gasteiger partial charge in [0.25, 0.3) is 5.91 Å². The lowest BCUT2D eigenvalue weighted by molar-refractivity contribution is -0.120. The number of imide groups is 1. The number of piperazine rings is 2. The second-order valence-electron chi connectivity index (χ2n) is 25.8. The van der Waals surface area contributed by atoms with Crippen LogP contribution in [0.25, 0.3) is 43.8 Å². The summed E-state index contributed by atoms with van der Waals surface area (Å²) >= 11 is 0. The fourth-order valence-corrected chi connectivity index (χ4v) is 13.9. The fraction of sp³-hybridized carbons (Fsp3) is 0.508. The number of aromatic nitrogens is 6. The summed E-state index contributed by atoms with van der Waals surface area (Å²) in [5.41, 5.74) is 6.82. The number of fused-ring (bicyclic) bond motifs is 5. The van der Waals surface area contributed by atoms with E-state index < -0.39 is 11.6 Å². The topological polar surface area (TPSA) is 204 Å². The molecule has 9 heterocycles. The van der Waals surface area contributed by atoms with E-state index in [0.717, 1.165) is 82.5 Å². The average molecular weight is 1190 g/mol. The summed E-state index contributed by atoms with van der Waals surface area (Å²) in [5.74, 6) is 1.14. The molecule has 6 saturated heterocycles. The maximum absolute atomic E-state index is 16.9. The summed E-state index contributed by atoms with van der Waals surface area (Å²) < 4.78 is 52.4. The van der Waals surface area contributed by atoms with Gasteiger partial charge in [-0.3, -0.25) is 29.4 Å². The highest BCUT2D eigenvalue weighted by Gasteiger charge is 2.48. The summed E-state index contributed by atoms with van der Waals surface area (Å²) in [6, 6.07) is 17.1. The molecule has 1 saturated carbocycles. The van der Waals surface area contributed by atoms with Crippen LogP contribution in [0.3, 0.4) is 0 Å². The number of nitrogens with one attached hydrogen (secondary N) is 1. The molecule has 1 aliphatic carbocycles. The highest BCUT2D eigenvalue weighted by Crippen LogP contribution is 2.54. The van der Waals surface area contributed by atoms with Crippen molar-refractivity contribution in [2.75, 3.05) is 68.9 Å². The van der Waals surface area contributed by atoms with Gasteiger partial charge >= 0.3 is 18.1 Å². The molecule has 7 aromatic rings. The van der Waals surface area contributed by atoms with Crippen LogP contribution >= 0.6 is 0 Å². The zero-order valence-corrected chi connectivity index (χ0v) is 50.4. The molecule has 14 rings (SSSR count). The van der Waals surface area contributed by atoms with Gasteiger partial charge in [0.1, 0.15) is 35.5 Å². The van der Waals surface area contributed by atoms with E-state index in [2.05, 4.69) is 45.3 Å². The van der Waals surface area contributed by atoms with Gasteiger partial charge in [-0.05, 0) is 132 Å². The number of ether oxygens (including phenoxy) is 5. The van der Waals surface area contributed by atoms with E-state index in [1.54, 1.807) is 10.7 Å². The van der Waals surface area contributed by atoms with Crippen molar-refractivity contribution >= 4 is 68.3 Å². The van der Waals surface area contributed by atoms with E-state index >= 15 is 4.39 Å². The van der Waals surface area contributed by atoms with E-state index in [1.807, 2.05) is 85.8 Å². The van der Waals surface area contributed by atoms with Crippen LogP contribution in [0, 0.1) is 12.7 Å². The number of likely N-dealkylation sites (tertiary alicyclic amines) is 1. The Bertz CT molecular complexity index is 3870. The summed E-state index contributed by atoms with van der Waals surface area (Å²) in [6.07, 6.45) is 7.92. The van der Waals surface area contributed by atoms with Gasteiger partial charge in [0.15, 0.2) is 17.8 Å². The second-order valence-corrected chi connectivity index (χ2v) is 25.8. The van der Waals surface area contributed by atoms with Crippen molar-refractivity contribution in [1.29, 1.82) is 0 Å². The molecular weight excluding hydrogens is 1110 g/mol. The Kier molecular flexibility index (Phi) is 14.8. The van der Waals surface area contributed by atoms with Crippen molar-refractivity contribution in [2.24, 2.45) is 7.05 Å². The third kappa shape index (κ3) is 10.9. The van der Waals surface area contributed by atoms with Gasteiger partial charge in [-0.1, -0.05) is 18.2 Å². The Hall–Kier alpha value is -7.95. The first kappa shape index (κ1) is 56.8. The third-order valence-corrected chi connectivity index (χ3v) is 18.5. The van der Waals surface area contributed by atoms with E-state index in [9.17, 15) is 19.2 Å². The number of benzene rings is 4. The van der Waals surface area contributed by atoms with Gasteiger partial charge in [-0.2, -0.15) is 20.2 Å². The molecule has 6 aliphatic heterocycles. The zero-order chi connectivity index (χ0) is 60.0. The first-order chi connectivity index (χ1) is 42.0. The number of urea groups is 1. The van der Waals surface area contributed by atoms with Crippen LogP contribution < -0.4 is 24.6 Å². The number of halogens is 1. The molecule has 7 aliphatic rings. The van der Waals surface area contributed by atoms with Crippen LogP contribution in [0.4, 0.5) is 25.6 Å². The largest absolute Gasteiger partial charge is 0.486 e. The van der Waals surface area contributed by atoms with Gasteiger partial charge < -0.3 is 38.4 Å². The Labute approximate surface area is 503 Å². The molecule has 2 bridgehead atoms. The van der Waals surface area contributed by atoms with Gasteiger partial charge in [0.05, 0.1) is 42.5 Å². The number of amides is 5. The number of hydrogen-bond acceptors (Lipinski definition) is 15. The third-order valence-electron chi connectivity index (χ3n) is 18.5. The number of aryl methyl sites for hydroxylation is 1. The van der Waals surface area contributed by atoms with E-state index in [0.29, 0.717) is 117 Å². The molecule has 5 amide bonds. The Morgan fingerprint density at radius 2 is 1.62 bits per heavy atom. The minimum Gasteiger partial charge on any atom is -0.486 e. The first-order valence-electron chi connectivity index (χ1n) is 31.0. The van der Waals surface area contributed by atoms with Crippen molar-refractivity contribution in [3.63, 3.8) is 0 Å². The van der Waals surface area contributed by atoms with Crippen LogP contribution in [0.1, 0.15) is 130 Å². The van der Waals surface area contributed by atoms with E-state index in [4.69, 9.17) is 38.8 Å². The molecule has 1 N–H and O–H groups in total. The standard InChI is InChI=1S/C65H75FN12O9/c1-37-32-73(33-40-12-17-46-51(27-40)72(6)71-60(46)75-21-18-53(79)68-63(75)81)22-23-74(37)61(80)42-13-10-39(11-14-42)36-85-58-56(55-38(2)50(66)30-52-49(55)31-67-78(52)54-9-7-8-24-84-54)47(41-15-16-41)29-48-57(58)69-62(86-45-19-25-83-26-20-45)70-59(48)76-34-44-28-43(76)35-77(44)64(82)87-65(3,4)5/h10-14,17,27,29-31,37,41,43-45,54H,7-9,15-16,18-26,28,32-36H2,1-6H3,(H,68,79,81)/t37-,43-,44-,54?/m0/s1. The summed E-state index contributed by atoms with van der Waals surface area (Å²) in [5, 5.41) is 14.4. The van der Waals surface area contributed by atoms with Crippen molar-refractivity contribution in [1.82, 2.24) is 49.5 Å². The molecule has 3 aromatic heterocycles. The minimum atomic E-state index is -0.633. The lowest BCUT2D eigenvalue weighted by Gasteiger charge is -2.40. The van der Waals surface area contributed by atoms with Crippen LogP contribution in [-0.2, 0) is 39.2 Å². The molecule has 456 valence electrons. The number of anilines is 2. The summed E-state index contributed by atoms with van der Waals surface area (Å²) in [6.45, 7) is 15.2. The molecule has 22 heteroatoms. The maximum Gasteiger partial charge on any atom is 0.410 e. The van der Waals surface area contributed by atoms with Crippen LogP contribution in [0.2, 0.25) is 0 Å². The number of rotatable bonds is 13. The number of hydrogen-bond donors (Lipinski definition) is 1. The zero-order valence-electron chi connectivity index (χ0n) is 50.4. The van der Waals surface area contributed by atoms with Crippen LogP contribution in [-0.4, -0.2) is 157 Å². The molecule has 4 aromatic carbocycles.